The van der Waals surface area contributed by atoms with Gasteiger partial charge in [-0.1, -0.05) is 17.9 Å². The molecule has 3 aromatic carbocycles. The van der Waals surface area contributed by atoms with Crippen LogP contribution in [0.1, 0.15) is 23.1 Å². The number of aryl methyl sites for hydroxylation is 1. The first-order valence-electron chi connectivity index (χ1n) is 10.3. The zero-order valence-corrected chi connectivity index (χ0v) is 17.9. The van der Waals surface area contributed by atoms with Gasteiger partial charge in [-0.25, -0.2) is 31.9 Å². The SMILES string of the molecule is COCCCc1cnc(-c2cc(F)c(C#Cc3ccc4c(F)c(F)c(F)cc4c3)c(F)c2)nc1. The molecule has 0 bridgehead atoms. The maximum absolute atomic E-state index is 14.6. The van der Waals surface area contributed by atoms with Crippen LogP contribution in [0, 0.1) is 40.9 Å². The third kappa shape index (κ3) is 4.90. The summed E-state index contributed by atoms with van der Waals surface area (Å²) in [4.78, 5) is 8.35. The van der Waals surface area contributed by atoms with Crippen LogP contribution in [0.3, 0.4) is 0 Å². The predicted octanol–water partition coefficient (Wildman–Crippen LogP) is 5.97. The standard InChI is InChI=1S/C26H17F5N2O/c1-34-8-2-3-16-13-32-26(33-14-16)18-11-21(27)20(22(28)12-18)7-5-15-4-6-19-17(9-15)10-23(29)25(31)24(19)30/h4,6,9-14H,2-3,8H2,1H3. The number of aromatic nitrogens is 2. The molecule has 172 valence electrons. The molecular formula is C26H17F5N2O. The van der Waals surface area contributed by atoms with Crippen molar-refractivity contribution in [2.45, 2.75) is 12.8 Å². The molecule has 1 aromatic heterocycles. The highest BCUT2D eigenvalue weighted by atomic mass is 19.2. The normalized spacial score (nSPS) is 10.9. The Morgan fingerprint density at radius 1 is 0.824 bits per heavy atom. The molecule has 0 spiro atoms. The molecule has 4 aromatic rings. The monoisotopic (exact) mass is 468 g/mol. The second-order valence-electron chi connectivity index (χ2n) is 7.50. The Hall–Kier alpha value is -3.83. The molecule has 0 fully saturated rings. The van der Waals surface area contributed by atoms with E-state index in [9.17, 15) is 22.0 Å². The average Bonchev–Trinajstić information content (AvgIpc) is 2.82. The first kappa shape index (κ1) is 23.3. The van der Waals surface area contributed by atoms with E-state index in [1.807, 2.05) is 0 Å². The number of ether oxygens (including phenoxy) is 1. The number of fused-ring (bicyclic) bond motifs is 1. The molecule has 0 unspecified atom stereocenters. The summed E-state index contributed by atoms with van der Waals surface area (Å²) in [6.45, 7) is 0.603. The van der Waals surface area contributed by atoms with Crippen LogP contribution < -0.4 is 0 Å². The zero-order valence-electron chi connectivity index (χ0n) is 17.9. The van der Waals surface area contributed by atoms with E-state index in [1.54, 1.807) is 19.5 Å². The van der Waals surface area contributed by atoms with E-state index < -0.39 is 34.6 Å². The van der Waals surface area contributed by atoms with E-state index in [2.05, 4.69) is 21.8 Å². The topological polar surface area (TPSA) is 35.0 Å². The second kappa shape index (κ2) is 9.98. The summed E-state index contributed by atoms with van der Waals surface area (Å²) in [6, 6.07) is 6.88. The molecule has 0 aliphatic carbocycles. The van der Waals surface area contributed by atoms with Crippen LogP contribution in [-0.2, 0) is 11.2 Å². The number of hydrogen-bond donors (Lipinski definition) is 0. The van der Waals surface area contributed by atoms with Gasteiger partial charge in [0.25, 0.3) is 0 Å². The zero-order chi connectivity index (χ0) is 24.2. The Morgan fingerprint density at radius 2 is 1.53 bits per heavy atom. The van der Waals surface area contributed by atoms with E-state index in [4.69, 9.17) is 4.74 Å². The minimum atomic E-state index is -1.57. The maximum atomic E-state index is 14.6. The van der Waals surface area contributed by atoms with Gasteiger partial charge in [-0.05, 0) is 54.1 Å². The van der Waals surface area contributed by atoms with E-state index in [0.717, 1.165) is 30.2 Å². The van der Waals surface area contributed by atoms with Crippen molar-refractivity contribution >= 4 is 10.8 Å². The smallest absolute Gasteiger partial charge is 0.195 e. The number of hydrogen-bond acceptors (Lipinski definition) is 3. The molecule has 0 saturated carbocycles. The van der Waals surface area contributed by atoms with Crippen molar-refractivity contribution in [2.24, 2.45) is 0 Å². The summed E-state index contributed by atoms with van der Waals surface area (Å²) in [5.74, 6) is -0.896. The van der Waals surface area contributed by atoms with Gasteiger partial charge in [0.2, 0.25) is 0 Å². The van der Waals surface area contributed by atoms with Crippen LogP contribution >= 0.6 is 0 Å². The van der Waals surface area contributed by atoms with Crippen LogP contribution in [0.25, 0.3) is 22.2 Å². The number of nitrogens with zero attached hydrogens (tertiary/aromatic N) is 2. The fraction of sp³-hybridized carbons (Fsp3) is 0.154. The Morgan fingerprint density at radius 3 is 2.21 bits per heavy atom. The molecule has 34 heavy (non-hydrogen) atoms. The molecule has 8 heteroatoms. The Bertz CT molecular complexity index is 1400. The lowest BCUT2D eigenvalue weighted by atomic mass is 10.1. The molecule has 1 heterocycles. The third-order valence-corrected chi connectivity index (χ3v) is 5.12. The minimum absolute atomic E-state index is 0.0716. The first-order chi connectivity index (χ1) is 16.4. The van der Waals surface area contributed by atoms with Crippen molar-refractivity contribution in [3.8, 4) is 23.2 Å². The molecule has 4 rings (SSSR count). The van der Waals surface area contributed by atoms with Gasteiger partial charge < -0.3 is 4.74 Å². The van der Waals surface area contributed by atoms with Crippen molar-refractivity contribution in [3.63, 3.8) is 0 Å². The molecule has 0 saturated heterocycles. The molecule has 0 aliphatic heterocycles. The van der Waals surface area contributed by atoms with Crippen LogP contribution in [0.15, 0.2) is 48.8 Å². The van der Waals surface area contributed by atoms with E-state index in [1.165, 1.54) is 18.2 Å². The number of rotatable bonds is 5. The van der Waals surface area contributed by atoms with Gasteiger partial charge in [0.15, 0.2) is 23.3 Å². The fourth-order valence-corrected chi connectivity index (χ4v) is 3.39. The van der Waals surface area contributed by atoms with Gasteiger partial charge in [0.05, 0.1) is 5.56 Å². The van der Waals surface area contributed by atoms with Gasteiger partial charge in [-0.15, -0.1) is 0 Å². The van der Waals surface area contributed by atoms with Gasteiger partial charge in [-0.2, -0.15) is 0 Å². The molecule has 0 atom stereocenters. The molecule has 0 aliphatic rings. The highest BCUT2D eigenvalue weighted by Crippen LogP contribution is 2.25. The van der Waals surface area contributed by atoms with Crippen molar-refractivity contribution in [2.75, 3.05) is 13.7 Å². The number of halogens is 5. The lowest BCUT2D eigenvalue weighted by Gasteiger charge is -2.05. The summed E-state index contributed by atoms with van der Waals surface area (Å²) >= 11 is 0. The quantitative estimate of drug-likeness (QED) is 0.157. The Kier molecular flexibility index (Phi) is 6.85. The van der Waals surface area contributed by atoms with Gasteiger partial charge >= 0.3 is 0 Å². The van der Waals surface area contributed by atoms with Crippen molar-refractivity contribution < 1.29 is 26.7 Å². The number of benzene rings is 3. The summed E-state index contributed by atoms with van der Waals surface area (Å²) in [7, 11) is 1.61. The molecule has 0 N–H and O–H groups in total. The van der Waals surface area contributed by atoms with Gasteiger partial charge in [-0.3, -0.25) is 0 Å². The summed E-state index contributed by atoms with van der Waals surface area (Å²) in [5.41, 5.74) is 0.800. The number of methoxy groups -OCH3 is 1. The van der Waals surface area contributed by atoms with Crippen LogP contribution in [0.5, 0.6) is 0 Å². The molecule has 0 radical (unpaired) electrons. The molecule has 0 amide bonds. The highest BCUT2D eigenvalue weighted by molar-refractivity contribution is 5.84. The molecular weight excluding hydrogens is 451 g/mol. The van der Waals surface area contributed by atoms with E-state index in [0.29, 0.717) is 13.0 Å². The summed E-state index contributed by atoms with van der Waals surface area (Å²) < 4.78 is 75.0. The fourth-order valence-electron chi connectivity index (χ4n) is 3.39. The summed E-state index contributed by atoms with van der Waals surface area (Å²) in [6.07, 6.45) is 4.71. The predicted molar refractivity (Wildman–Crippen MR) is 117 cm³/mol. The highest BCUT2D eigenvalue weighted by Gasteiger charge is 2.14. The van der Waals surface area contributed by atoms with Crippen LogP contribution in [0.2, 0.25) is 0 Å². The average molecular weight is 468 g/mol. The van der Waals surface area contributed by atoms with E-state index in [-0.39, 0.29) is 27.7 Å². The van der Waals surface area contributed by atoms with E-state index >= 15 is 0 Å². The first-order valence-corrected chi connectivity index (χ1v) is 10.3. The van der Waals surface area contributed by atoms with Crippen LogP contribution in [0.4, 0.5) is 22.0 Å². The van der Waals surface area contributed by atoms with Crippen molar-refractivity contribution in [1.29, 1.82) is 0 Å². The van der Waals surface area contributed by atoms with Gasteiger partial charge in [0, 0.05) is 42.6 Å². The third-order valence-electron chi connectivity index (χ3n) is 5.12. The largest absolute Gasteiger partial charge is 0.385 e. The second-order valence-corrected chi connectivity index (χ2v) is 7.50. The Labute approximate surface area is 192 Å². The van der Waals surface area contributed by atoms with Crippen molar-refractivity contribution in [3.05, 3.63) is 94.6 Å². The van der Waals surface area contributed by atoms with Crippen LogP contribution in [-0.4, -0.2) is 23.7 Å². The summed E-state index contributed by atoms with van der Waals surface area (Å²) in [5, 5.41) is -0.0572. The minimum Gasteiger partial charge on any atom is -0.385 e. The molecule has 3 nitrogen and oxygen atoms in total. The lowest BCUT2D eigenvalue weighted by molar-refractivity contribution is 0.195. The lowest BCUT2D eigenvalue weighted by Crippen LogP contribution is -1.98. The maximum Gasteiger partial charge on any atom is 0.195 e. The van der Waals surface area contributed by atoms with Gasteiger partial charge in [0.1, 0.15) is 11.6 Å². The Balaban J connectivity index is 1.60. The van der Waals surface area contributed by atoms with Crippen molar-refractivity contribution in [1.82, 2.24) is 9.97 Å².